The van der Waals surface area contributed by atoms with Crippen LogP contribution in [0.15, 0.2) is 42.0 Å². The quantitative estimate of drug-likeness (QED) is 0.779. The van der Waals surface area contributed by atoms with Gasteiger partial charge in [-0.3, -0.25) is 4.79 Å². The van der Waals surface area contributed by atoms with Crippen LogP contribution in [0.1, 0.15) is 16.7 Å². The molecule has 1 amide bonds. The van der Waals surface area contributed by atoms with Crippen LogP contribution in [0.4, 0.5) is 0 Å². The summed E-state index contributed by atoms with van der Waals surface area (Å²) in [5, 5.41) is 0. The third kappa shape index (κ3) is 3.56. The van der Waals surface area contributed by atoms with Crippen molar-refractivity contribution in [2.75, 3.05) is 47.6 Å². The van der Waals surface area contributed by atoms with Gasteiger partial charge in [-0.15, -0.1) is 0 Å². The summed E-state index contributed by atoms with van der Waals surface area (Å²) in [6.45, 7) is 2.37. The molecule has 4 rings (SSSR count). The third-order valence-electron chi connectivity index (χ3n) is 5.48. The minimum Gasteiger partial charge on any atom is -0.497 e. The van der Waals surface area contributed by atoms with Crippen molar-refractivity contribution in [3.63, 3.8) is 0 Å². The second-order valence-electron chi connectivity index (χ2n) is 7.03. The van der Waals surface area contributed by atoms with E-state index >= 15 is 0 Å². The lowest BCUT2D eigenvalue weighted by molar-refractivity contribution is -0.131. The molecule has 0 aromatic heterocycles. The molecule has 2 aliphatic rings. The Balaban J connectivity index is 1.85. The number of carbonyl (C=O) groups is 1. The zero-order chi connectivity index (χ0) is 20.4. The van der Waals surface area contributed by atoms with Gasteiger partial charge in [0.1, 0.15) is 5.75 Å². The number of ether oxygens (including phenoxy) is 4. The molecule has 1 aliphatic carbocycles. The molecule has 1 aliphatic heterocycles. The molecule has 2 aromatic rings. The molecular formula is C23H25NO5. The summed E-state index contributed by atoms with van der Waals surface area (Å²) in [5.41, 5.74) is 4.78. The molecule has 0 saturated carbocycles. The van der Waals surface area contributed by atoms with Crippen molar-refractivity contribution >= 4 is 11.5 Å². The fraction of sp³-hybridized carbons (Fsp3) is 0.348. The number of hydrogen-bond acceptors (Lipinski definition) is 5. The molecule has 0 radical (unpaired) electrons. The largest absolute Gasteiger partial charge is 0.497 e. The zero-order valence-corrected chi connectivity index (χ0v) is 17.0. The van der Waals surface area contributed by atoms with Crippen LogP contribution in [0.3, 0.4) is 0 Å². The second-order valence-corrected chi connectivity index (χ2v) is 7.03. The SMILES string of the molecule is COc1ccc2c(c1)C(c1ccc(OC)c(OC)c1)=C(C(=O)N1CCOCC1)C2. The lowest BCUT2D eigenvalue weighted by Gasteiger charge is -2.27. The Bertz CT molecular complexity index is 960. The van der Waals surface area contributed by atoms with E-state index in [2.05, 4.69) is 0 Å². The fourth-order valence-corrected chi connectivity index (χ4v) is 3.97. The van der Waals surface area contributed by atoms with Gasteiger partial charge in [0.15, 0.2) is 11.5 Å². The van der Waals surface area contributed by atoms with Crippen molar-refractivity contribution in [2.45, 2.75) is 6.42 Å². The van der Waals surface area contributed by atoms with Crippen molar-refractivity contribution in [1.82, 2.24) is 4.90 Å². The van der Waals surface area contributed by atoms with Crippen LogP contribution < -0.4 is 14.2 Å². The molecular weight excluding hydrogens is 370 g/mol. The maximum Gasteiger partial charge on any atom is 0.250 e. The van der Waals surface area contributed by atoms with Gasteiger partial charge in [-0.25, -0.2) is 0 Å². The van der Waals surface area contributed by atoms with Gasteiger partial charge >= 0.3 is 0 Å². The lowest BCUT2D eigenvalue weighted by Crippen LogP contribution is -2.41. The number of methoxy groups -OCH3 is 3. The predicted octanol–water partition coefficient (Wildman–Crippen LogP) is 2.93. The van der Waals surface area contributed by atoms with E-state index in [0.717, 1.165) is 33.6 Å². The minimum absolute atomic E-state index is 0.0632. The molecule has 0 atom stereocenters. The number of morpholine rings is 1. The van der Waals surface area contributed by atoms with E-state index in [1.807, 2.05) is 41.3 Å². The van der Waals surface area contributed by atoms with Crippen molar-refractivity contribution in [3.8, 4) is 17.2 Å². The fourth-order valence-electron chi connectivity index (χ4n) is 3.97. The number of nitrogens with zero attached hydrogens (tertiary/aromatic N) is 1. The zero-order valence-electron chi connectivity index (χ0n) is 17.0. The maximum absolute atomic E-state index is 13.4. The first-order chi connectivity index (χ1) is 14.2. The van der Waals surface area contributed by atoms with E-state index in [1.54, 1.807) is 21.3 Å². The van der Waals surface area contributed by atoms with Gasteiger partial charge in [0.25, 0.3) is 5.91 Å². The molecule has 29 heavy (non-hydrogen) atoms. The van der Waals surface area contributed by atoms with Gasteiger partial charge in [0, 0.05) is 25.1 Å². The highest BCUT2D eigenvalue weighted by Crippen LogP contribution is 2.42. The maximum atomic E-state index is 13.4. The number of benzene rings is 2. The van der Waals surface area contributed by atoms with E-state index in [-0.39, 0.29) is 5.91 Å². The summed E-state index contributed by atoms with van der Waals surface area (Å²) in [4.78, 5) is 15.3. The summed E-state index contributed by atoms with van der Waals surface area (Å²) >= 11 is 0. The summed E-state index contributed by atoms with van der Waals surface area (Å²) in [6.07, 6.45) is 0.596. The van der Waals surface area contributed by atoms with Gasteiger partial charge in [-0.1, -0.05) is 12.1 Å². The predicted molar refractivity (Wildman–Crippen MR) is 110 cm³/mol. The standard InChI is InChI=1S/C23H25NO5/c1-26-17-6-4-15-12-19(23(25)24-8-10-29-11-9-24)22(18(15)14-17)16-5-7-20(27-2)21(13-16)28-3/h4-7,13-14H,8-12H2,1-3H3. The monoisotopic (exact) mass is 395 g/mol. The smallest absolute Gasteiger partial charge is 0.250 e. The molecule has 0 spiro atoms. The lowest BCUT2D eigenvalue weighted by atomic mass is 9.96. The highest BCUT2D eigenvalue weighted by Gasteiger charge is 2.31. The van der Waals surface area contributed by atoms with E-state index in [9.17, 15) is 4.79 Å². The van der Waals surface area contributed by atoms with Crippen LogP contribution >= 0.6 is 0 Å². The molecule has 1 heterocycles. The van der Waals surface area contributed by atoms with Crippen LogP contribution in [-0.2, 0) is 16.0 Å². The number of hydrogen-bond donors (Lipinski definition) is 0. The topological polar surface area (TPSA) is 57.2 Å². The summed E-state index contributed by atoms with van der Waals surface area (Å²) in [6, 6.07) is 11.7. The highest BCUT2D eigenvalue weighted by atomic mass is 16.5. The number of fused-ring (bicyclic) bond motifs is 1. The molecule has 0 unspecified atom stereocenters. The van der Waals surface area contributed by atoms with E-state index in [4.69, 9.17) is 18.9 Å². The molecule has 152 valence electrons. The summed E-state index contributed by atoms with van der Waals surface area (Å²) < 4.78 is 21.7. The van der Waals surface area contributed by atoms with Crippen molar-refractivity contribution in [2.24, 2.45) is 0 Å². The van der Waals surface area contributed by atoms with Gasteiger partial charge in [-0.2, -0.15) is 0 Å². The van der Waals surface area contributed by atoms with Gasteiger partial charge in [0.2, 0.25) is 0 Å². The third-order valence-corrected chi connectivity index (χ3v) is 5.48. The molecule has 1 fully saturated rings. The number of amides is 1. The van der Waals surface area contributed by atoms with Crippen LogP contribution in [0.2, 0.25) is 0 Å². The average Bonchev–Trinajstić information content (AvgIpc) is 3.17. The van der Waals surface area contributed by atoms with E-state index in [0.29, 0.717) is 44.2 Å². The summed E-state index contributed by atoms with van der Waals surface area (Å²) in [7, 11) is 4.87. The number of rotatable bonds is 5. The number of carbonyl (C=O) groups excluding carboxylic acids is 1. The van der Waals surface area contributed by atoms with Gasteiger partial charge in [0.05, 0.1) is 34.5 Å². The first-order valence-corrected chi connectivity index (χ1v) is 9.66. The van der Waals surface area contributed by atoms with Crippen LogP contribution in [0, 0.1) is 0 Å². The van der Waals surface area contributed by atoms with Crippen LogP contribution in [0.5, 0.6) is 17.2 Å². The molecule has 6 nitrogen and oxygen atoms in total. The Morgan fingerprint density at radius 3 is 2.38 bits per heavy atom. The molecule has 6 heteroatoms. The first-order valence-electron chi connectivity index (χ1n) is 9.66. The Kier molecular flexibility index (Phi) is 5.45. The van der Waals surface area contributed by atoms with E-state index < -0.39 is 0 Å². The Labute approximate surface area is 170 Å². The second kappa shape index (κ2) is 8.17. The van der Waals surface area contributed by atoms with Crippen molar-refractivity contribution < 1.29 is 23.7 Å². The molecule has 0 N–H and O–H groups in total. The van der Waals surface area contributed by atoms with Crippen LogP contribution in [0.25, 0.3) is 5.57 Å². The Morgan fingerprint density at radius 1 is 0.931 bits per heavy atom. The Hall–Kier alpha value is -2.99. The molecule has 1 saturated heterocycles. The van der Waals surface area contributed by atoms with Crippen LogP contribution in [-0.4, -0.2) is 58.4 Å². The molecule has 2 aromatic carbocycles. The first kappa shape index (κ1) is 19.3. The minimum atomic E-state index is 0.0632. The average molecular weight is 395 g/mol. The summed E-state index contributed by atoms with van der Waals surface area (Å²) in [5.74, 6) is 2.11. The van der Waals surface area contributed by atoms with Gasteiger partial charge in [-0.05, 0) is 46.5 Å². The van der Waals surface area contributed by atoms with Gasteiger partial charge < -0.3 is 23.8 Å². The molecule has 0 bridgehead atoms. The van der Waals surface area contributed by atoms with Crippen molar-refractivity contribution in [3.05, 3.63) is 58.7 Å². The highest BCUT2D eigenvalue weighted by molar-refractivity contribution is 6.08. The Morgan fingerprint density at radius 2 is 1.69 bits per heavy atom. The van der Waals surface area contributed by atoms with E-state index in [1.165, 1.54) is 0 Å². The van der Waals surface area contributed by atoms with Crippen molar-refractivity contribution in [1.29, 1.82) is 0 Å². The normalized spacial score (nSPS) is 15.9.